The number of hydrogen-bond acceptors (Lipinski definition) is 8. The van der Waals surface area contributed by atoms with Crippen molar-refractivity contribution in [3.63, 3.8) is 0 Å². The molecule has 30 heavy (non-hydrogen) atoms. The number of hydrogen-bond donors (Lipinski definition) is 1. The zero-order chi connectivity index (χ0) is 23.7. The van der Waals surface area contributed by atoms with Crippen molar-refractivity contribution >= 4 is 28.7 Å². The molecule has 0 amide bonds. The average molecular weight is 447 g/mol. The fraction of sp³-hybridized carbons (Fsp3) is 0.611. The van der Waals surface area contributed by atoms with Crippen LogP contribution in [-0.4, -0.2) is 30.7 Å². The van der Waals surface area contributed by atoms with E-state index in [9.17, 15) is 29.6 Å². The van der Waals surface area contributed by atoms with Gasteiger partial charge in [-0.05, 0) is 48.5 Å². The van der Waals surface area contributed by atoms with Gasteiger partial charge in [-0.25, -0.2) is 0 Å². The summed E-state index contributed by atoms with van der Waals surface area (Å²) in [6, 6.07) is 1.28. The van der Waals surface area contributed by atoms with Gasteiger partial charge in [0.05, 0.1) is 27.9 Å². The van der Waals surface area contributed by atoms with E-state index in [1.165, 1.54) is 6.92 Å². The molecule has 1 N–H and O–H groups in total. The van der Waals surface area contributed by atoms with Gasteiger partial charge in [0.25, 0.3) is 5.69 Å². The van der Waals surface area contributed by atoms with E-state index in [0.29, 0.717) is 6.07 Å². The van der Waals surface area contributed by atoms with Crippen molar-refractivity contribution in [1.29, 1.82) is 0 Å². The molecular formula is C18H26FN3O7S. The number of carbonyl (C=O) groups excluding carboxylic acids is 1. The van der Waals surface area contributed by atoms with Crippen LogP contribution >= 0.6 is 0 Å². The minimum atomic E-state index is -1.85. The number of benzene rings is 1. The second kappa shape index (κ2) is 8.82. The van der Waals surface area contributed by atoms with Crippen LogP contribution in [0.25, 0.3) is 0 Å². The summed E-state index contributed by atoms with van der Waals surface area (Å²) in [5, 5.41) is 22.5. The quantitative estimate of drug-likeness (QED) is 0.288. The van der Waals surface area contributed by atoms with Crippen LogP contribution in [0.1, 0.15) is 60.5 Å². The number of nitrogens with one attached hydrogen (secondary N) is 1. The van der Waals surface area contributed by atoms with Crippen LogP contribution in [0.2, 0.25) is 0 Å². The van der Waals surface area contributed by atoms with E-state index >= 15 is 4.39 Å². The summed E-state index contributed by atoms with van der Waals surface area (Å²) in [7, 11) is 0. The molecule has 0 aromatic heterocycles. The molecule has 12 heteroatoms. The average Bonchev–Trinajstić information content (AvgIpc) is 2.51. The summed E-state index contributed by atoms with van der Waals surface area (Å²) in [6.07, 6.45) is -0.582. The van der Waals surface area contributed by atoms with Gasteiger partial charge in [-0.3, -0.25) is 25.0 Å². The second-order valence-electron chi connectivity index (χ2n) is 8.92. The zero-order valence-corrected chi connectivity index (χ0v) is 18.7. The highest BCUT2D eigenvalue weighted by atomic mass is 32.2. The Hall–Kier alpha value is -2.31. The highest BCUT2D eigenvalue weighted by molar-refractivity contribution is 7.90. The van der Waals surface area contributed by atoms with E-state index in [2.05, 4.69) is 4.72 Å². The molecule has 0 aliphatic heterocycles. The predicted octanol–water partition coefficient (Wildman–Crippen LogP) is 3.64. The summed E-state index contributed by atoms with van der Waals surface area (Å²) in [5.74, 6) is -2.17. The summed E-state index contributed by atoms with van der Waals surface area (Å²) in [4.78, 5) is 33.0. The van der Waals surface area contributed by atoms with Gasteiger partial charge >= 0.3 is 11.7 Å². The molecule has 1 rings (SSSR count). The van der Waals surface area contributed by atoms with Crippen molar-refractivity contribution < 1.29 is 28.3 Å². The van der Waals surface area contributed by atoms with Gasteiger partial charge in [-0.2, -0.15) is 4.39 Å². The molecule has 1 unspecified atom stereocenters. The van der Waals surface area contributed by atoms with E-state index in [1.807, 2.05) is 0 Å². The lowest BCUT2D eigenvalue weighted by Crippen LogP contribution is -2.51. The van der Waals surface area contributed by atoms with Crippen LogP contribution < -0.4 is 4.72 Å². The van der Waals surface area contributed by atoms with E-state index in [1.54, 1.807) is 41.5 Å². The van der Waals surface area contributed by atoms with Gasteiger partial charge in [0.15, 0.2) is 0 Å². The maximum atomic E-state index is 15.0. The Kier molecular flexibility index (Phi) is 7.56. The first-order valence-electron chi connectivity index (χ1n) is 8.92. The number of ether oxygens (including phenoxy) is 1. The van der Waals surface area contributed by atoms with Gasteiger partial charge in [0, 0.05) is 23.0 Å². The molecule has 0 bridgehead atoms. The van der Waals surface area contributed by atoms with Crippen molar-refractivity contribution in [2.45, 2.75) is 70.8 Å². The Morgan fingerprint density at radius 1 is 1.10 bits per heavy atom. The molecule has 10 nitrogen and oxygen atoms in total. The molecule has 0 radical (unpaired) electrons. The Labute approximate surface area is 176 Å². The number of rotatable bonds is 7. The van der Waals surface area contributed by atoms with E-state index in [0.717, 1.165) is 6.07 Å². The number of halogens is 1. The monoisotopic (exact) mass is 447 g/mol. The standard InChI is InChI=1S/C18H26FN3O7S/c1-16(2,3)29-14(23)10-18(7,20-30(28)17(4,5)6)12-8-11(21(24)25)9-13(15(12)19)22(26)27/h8-9,20H,10H2,1-7H3/t18-,30?/m0/s1. The summed E-state index contributed by atoms with van der Waals surface area (Å²) in [6.45, 7) is 11.0. The maximum absolute atomic E-state index is 15.0. The number of non-ortho nitro benzene ring substituents is 1. The largest absolute Gasteiger partial charge is 0.598 e. The first-order valence-corrected chi connectivity index (χ1v) is 10.1. The maximum Gasteiger partial charge on any atom is 0.312 e. The van der Waals surface area contributed by atoms with Crippen LogP contribution in [0.3, 0.4) is 0 Å². The SMILES string of the molecule is CC(C)(C)OC(=O)C[C@](C)(N[S+]([O-])C(C)(C)C)c1cc([N+](=O)[O-])cc([N+](=O)[O-])c1F. The molecule has 0 saturated heterocycles. The molecule has 0 aliphatic carbocycles. The van der Waals surface area contributed by atoms with Crippen molar-refractivity contribution in [3.8, 4) is 0 Å². The number of carbonyl (C=O) groups is 1. The third-order valence-electron chi connectivity index (χ3n) is 3.83. The van der Waals surface area contributed by atoms with E-state index in [4.69, 9.17) is 4.74 Å². The molecular weight excluding hydrogens is 421 g/mol. The Bertz CT molecular complexity index is 851. The third-order valence-corrected chi connectivity index (χ3v) is 5.58. The number of nitrogens with zero attached hydrogens (tertiary/aromatic N) is 2. The predicted molar refractivity (Wildman–Crippen MR) is 109 cm³/mol. The van der Waals surface area contributed by atoms with Crippen molar-refractivity contribution in [3.05, 3.63) is 43.7 Å². The van der Waals surface area contributed by atoms with Gasteiger partial charge in [0.2, 0.25) is 5.82 Å². The van der Waals surface area contributed by atoms with Crippen LogP contribution in [0.15, 0.2) is 12.1 Å². The summed E-state index contributed by atoms with van der Waals surface area (Å²) in [5.41, 5.74) is -5.09. The van der Waals surface area contributed by atoms with E-state index in [-0.39, 0.29) is 0 Å². The third kappa shape index (κ3) is 6.61. The number of nitro groups is 2. The minimum Gasteiger partial charge on any atom is -0.598 e. The van der Waals surface area contributed by atoms with Crippen molar-refractivity contribution in [2.24, 2.45) is 0 Å². The smallest absolute Gasteiger partial charge is 0.312 e. The Morgan fingerprint density at radius 3 is 2.03 bits per heavy atom. The van der Waals surface area contributed by atoms with E-state index < -0.39 is 72.2 Å². The van der Waals surface area contributed by atoms with Crippen LogP contribution in [-0.2, 0) is 26.4 Å². The molecule has 2 atom stereocenters. The molecule has 0 spiro atoms. The normalized spacial score (nSPS) is 15.2. The number of nitro benzene ring substituents is 2. The van der Waals surface area contributed by atoms with Crippen LogP contribution in [0, 0.1) is 26.0 Å². The highest BCUT2D eigenvalue weighted by Crippen LogP contribution is 2.37. The minimum absolute atomic E-state index is 0.494. The van der Waals surface area contributed by atoms with Crippen LogP contribution in [0.4, 0.5) is 15.8 Å². The molecule has 0 aliphatic rings. The molecule has 0 saturated carbocycles. The first-order chi connectivity index (χ1) is 13.4. The van der Waals surface area contributed by atoms with Gasteiger partial charge in [-0.1, -0.05) is 0 Å². The van der Waals surface area contributed by atoms with Gasteiger partial charge < -0.3 is 9.29 Å². The lowest BCUT2D eigenvalue weighted by atomic mass is 9.88. The Balaban J connectivity index is 3.66. The molecule has 1 aromatic rings. The van der Waals surface area contributed by atoms with Gasteiger partial charge in [-0.15, -0.1) is 4.72 Å². The van der Waals surface area contributed by atoms with Crippen molar-refractivity contribution in [2.75, 3.05) is 0 Å². The number of esters is 1. The second-order valence-corrected chi connectivity index (χ2v) is 10.9. The highest BCUT2D eigenvalue weighted by Gasteiger charge is 2.44. The van der Waals surface area contributed by atoms with Gasteiger partial charge in [0.1, 0.15) is 10.3 Å². The lowest BCUT2D eigenvalue weighted by Gasteiger charge is -2.35. The summed E-state index contributed by atoms with van der Waals surface area (Å²) < 4.78 is 34.8. The van der Waals surface area contributed by atoms with Crippen molar-refractivity contribution in [1.82, 2.24) is 4.72 Å². The first kappa shape index (κ1) is 25.7. The topological polar surface area (TPSA) is 148 Å². The zero-order valence-electron chi connectivity index (χ0n) is 17.9. The summed E-state index contributed by atoms with van der Waals surface area (Å²) >= 11 is -1.85. The molecule has 1 aromatic carbocycles. The Morgan fingerprint density at radius 2 is 1.63 bits per heavy atom. The van der Waals surface area contributed by atoms with Crippen LogP contribution in [0.5, 0.6) is 0 Å². The molecule has 168 valence electrons. The fourth-order valence-electron chi connectivity index (χ4n) is 2.44. The molecule has 0 fully saturated rings. The lowest BCUT2D eigenvalue weighted by molar-refractivity contribution is -0.396. The fourth-order valence-corrected chi connectivity index (χ4v) is 3.34. The molecule has 0 heterocycles.